The third-order valence-corrected chi connectivity index (χ3v) is 5.48. The van der Waals surface area contributed by atoms with Gasteiger partial charge in [-0.15, -0.1) is 0 Å². The summed E-state index contributed by atoms with van der Waals surface area (Å²) in [7, 11) is -2.82. The number of rotatable bonds is 6. The Morgan fingerprint density at radius 3 is 2.54 bits per heavy atom. The number of benzene rings is 1. The van der Waals surface area contributed by atoms with Gasteiger partial charge in [-0.05, 0) is 17.7 Å². The lowest BCUT2D eigenvalue weighted by Crippen LogP contribution is -2.36. The van der Waals surface area contributed by atoms with Crippen LogP contribution in [-0.4, -0.2) is 63.5 Å². The van der Waals surface area contributed by atoms with Crippen molar-refractivity contribution in [3.63, 3.8) is 0 Å². The SMILES string of the molecule is CN(Cc1ccc(Cl)c(Cl)c1)C(=O)C1CN(CCP(=O)(O)O)C(=O)C1=O. The molecule has 11 heteroatoms. The maximum Gasteiger partial charge on any atom is 0.327 e. The Bertz CT molecular complexity index is 796. The minimum Gasteiger partial charge on any atom is -0.341 e. The van der Waals surface area contributed by atoms with Crippen LogP contribution in [0.1, 0.15) is 5.56 Å². The molecule has 0 aromatic heterocycles. The second-order valence-corrected chi connectivity index (χ2v) is 8.59. The van der Waals surface area contributed by atoms with Gasteiger partial charge in [-0.1, -0.05) is 29.3 Å². The van der Waals surface area contributed by atoms with Gasteiger partial charge in [-0.25, -0.2) is 0 Å². The lowest BCUT2D eigenvalue weighted by atomic mass is 10.1. The monoisotopic (exact) mass is 422 g/mol. The lowest BCUT2D eigenvalue weighted by Gasteiger charge is -2.21. The molecule has 1 aromatic rings. The number of Topliss-reactive ketones (excluding diaryl/α,β-unsaturated/α-hetero) is 1. The van der Waals surface area contributed by atoms with Crippen molar-refractivity contribution in [1.82, 2.24) is 9.80 Å². The van der Waals surface area contributed by atoms with E-state index in [0.29, 0.717) is 15.6 Å². The van der Waals surface area contributed by atoms with Gasteiger partial charge >= 0.3 is 7.60 Å². The summed E-state index contributed by atoms with van der Waals surface area (Å²) in [4.78, 5) is 56.6. The van der Waals surface area contributed by atoms with Gasteiger partial charge in [0, 0.05) is 26.7 Å². The van der Waals surface area contributed by atoms with Crippen molar-refractivity contribution in [3.05, 3.63) is 33.8 Å². The Morgan fingerprint density at radius 1 is 1.31 bits per heavy atom. The second kappa shape index (κ2) is 8.06. The molecule has 2 rings (SSSR count). The standard InChI is InChI=1S/C15H17Cl2N2O6P/c1-18(7-9-2-3-11(16)12(17)6-9)14(21)10-8-19(15(22)13(10)20)4-5-26(23,24)25/h2-3,6,10H,4-5,7-8H2,1H3,(H2,23,24,25). The number of likely N-dealkylation sites (tertiary alicyclic amines) is 1. The van der Waals surface area contributed by atoms with Crippen LogP contribution in [0.2, 0.25) is 10.0 Å². The van der Waals surface area contributed by atoms with Crippen molar-refractivity contribution in [2.75, 3.05) is 26.3 Å². The summed E-state index contributed by atoms with van der Waals surface area (Å²) in [5.41, 5.74) is 0.699. The van der Waals surface area contributed by atoms with Gasteiger partial charge < -0.3 is 19.6 Å². The van der Waals surface area contributed by atoms with E-state index in [0.717, 1.165) is 4.90 Å². The van der Waals surface area contributed by atoms with Crippen LogP contribution in [0.4, 0.5) is 0 Å². The van der Waals surface area contributed by atoms with E-state index in [4.69, 9.17) is 33.0 Å². The van der Waals surface area contributed by atoms with Gasteiger partial charge in [-0.2, -0.15) is 0 Å². The van der Waals surface area contributed by atoms with Crippen molar-refractivity contribution in [1.29, 1.82) is 0 Å². The van der Waals surface area contributed by atoms with Gasteiger partial charge in [-0.3, -0.25) is 18.9 Å². The van der Waals surface area contributed by atoms with Crippen LogP contribution in [-0.2, 0) is 25.5 Å². The molecule has 142 valence electrons. The normalized spacial score (nSPS) is 17.7. The number of carbonyl (C=O) groups excluding carboxylic acids is 3. The Kier molecular flexibility index (Phi) is 6.47. The molecule has 0 spiro atoms. The predicted octanol–water partition coefficient (Wildman–Crippen LogP) is 1.16. The number of hydrogen-bond acceptors (Lipinski definition) is 4. The molecule has 1 aliphatic rings. The fraction of sp³-hybridized carbons (Fsp3) is 0.400. The van der Waals surface area contributed by atoms with Crippen molar-refractivity contribution in [2.45, 2.75) is 6.54 Å². The van der Waals surface area contributed by atoms with Gasteiger partial charge in [0.1, 0.15) is 5.92 Å². The highest BCUT2D eigenvalue weighted by Gasteiger charge is 2.44. The average Bonchev–Trinajstić information content (AvgIpc) is 2.83. The van der Waals surface area contributed by atoms with Crippen molar-refractivity contribution in [2.24, 2.45) is 5.92 Å². The topological polar surface area (TPSA) is 115 Å². The summed E-state index contributed by atoms with van der Waals surface area (Å²) in [6.07, 6.45) is -0.563. The summed E-state index contributed by atoms with van der Waals surface area (Å²) in [5, 5.41) is 0.711. The van der Waals surface area contributed by atoms with E-state index in [1.54, 1.807) is 18.2 Å². The zero-order valence-electron chi connectivity index (χ0n) is 13.8. The van der Waals surface area contributed by atoms with E-state index in [-0.39, 0.29) is 19.6 Å². The molecule has 1 aliphatic heterocycles. The fourth-order valence-electron chi connectivity index (χ4n) is 2.58. The highest BCUT2D eigenvalue weighted by Crippen LogP contribution is 2.34. The van der Waals surface area contributed by atoms with Gasteiger partial charge in [0.05, 0.1) is 16.2 Å². The number of amides is 2. The molecule has 1 fully saturated rings. The Labute approximate surface area is 159 Å². The molecule has 0 saturated carbocycles. The molecule has 1 heterocycles. The third kappa shape index (κ3) is 5.05. The number of ketones is 1. The Morgan fingerprint density at radius 2 is 1.96 bits per heavy atom. The molecule has 1 atom stereocenters. The number of nitrogens with zero attached hydrogens (tertiary/aromatic N) is 2. The predicted molar refractivity (Wildman–Crippen MR) is 94.9 cm³/mol. The number of carbonyl (C=O) groups is 3. The molecular formula is C15H17Cl2N2O6P. The zero-order valence-corrected chi connectivity index (χ0v) is 16.2. The zero-order chi connectivity index (χ0) is 19.6. The number of halogens is 2. The smallest absolute Gasteiger partial charge is 0.327 e. The summed E-state index contributed by atoms with van der Waals surface area (Å²) >= 11 is 11.8. The first kappa shape index (κ1) is 20.9. The largest absolute Gasteiger partial charge is 0.341 e. The molecule has 0 bridgehead atoms. The molecule has 1 saturated heterocycles. The second-order valence-electron chi connectivity index (χ2n) is 6.00. The van der Waals surface area contributed by atoms with E-state index in [1.165, 1.54) is 11.9 Å². The van der Waals surface area contributed by atoms with E-state index in [9.17, 15) is 18.9 Å². The third-order valence-electron chi connectivity index (χ3n) is 3.96. The minimum absolute atomic E-state index is 0.163. The summed E-state index contributed by atoms with van der Waals surface area (Å²) in [6, 6.07) is 4.87. The first-order chi connectivity index (χ1) is 12.0. The van der Waals surface area contributed by atoms with Crippen LogP contribution in [0, 0.1) is 5.92 Å². The van der Waals surface area contributed by atoms with Crippen molar-refractivity contribution < 1.29 is 28.7 Å². The molecule has 2 N–H and O–H groups in total. The van der Waals surface area contributed by atoms with Crippen LogP contribution in [0.3, 0.4) is 0 Å². The molecule has 1 aromatic carbocycles. The Balaban J connectivity index is 2.03. The van der Waals surface area contributed by atoms with Gasteiger partial charge in [0.25, 0.3) is 5.91 Å². The van der Waals surface area contributed by atoms with Crippen LogP contribution in [0.15, 0.2) is 18.2 Å². The van der Waals surface area contributed by atoms with E-state index < -0.39 is 37.3 Å². The quantitative estimate of drug-likeness (QED) is 0.403. The van der Waals surface area contributed by atoms with E-state index >= 15 is 0 Å². The molecule has 0 radical (unpaired) electrons. The van der Waals surface area contributed by atoms with Crippen molar-refractivity contribution >= 4 is 48.4 Å². The molecule has 8 nitrogen and oxygen atoms in total. The van der Waals surface area contributed by atoms with Gasteiger partial charge in [0.15, 0.2) is 0 Å². The molecule has 0 aliphatic carbocycles. The van der Waals surface area contributed by atoms with Gasteiger partial charge in [0.2, 0.25) is 11.7 Å². The van der Waals surface area contributed by atoms with Crippen LogP contribution < -0.4 is 0 Å². The highest BCUT2D eigenvalue weighted by molar-refractivity contribution is 7.51. The lowest BCUT2D eigenvalue weighted by molar-refractivity contribution is -0.144. The maximum atomic E-state index is 12.5. The van der Waals surface area contributed by atoms with Crippen LogP contribution >= 0.6 is 30.8 Å². The molecule has 2 amide bonds. The summed E-state index contributed by atoms with van der Waals surface area (Å²) in [6.45, 7) is -0.312. The first-order valence-electron chi connectivity index (χ1n) is 7.56. The fourth-order valence-corrected chi connectivity index (χ4v) is 3.40. The average molecular weight is 423 g/mol. The maximum absolute atomic E-state index is 12.5. The van der Waals surface area contributed by atoms with Crippen LogP contribution in [0.5, 0.6) is 0 Å². The van der Waals surface area contributed by atoms with E-state index in [2.05, 4.69) is 0 Å². The van der Waals surface area contributed by atoms with Crippen LogP contribution in [0.25, 0.3) is 0 Å². The Hall–Kier alpha value is -1.44. The molecular weight excluding hydrogens is 406 g/mol. The summed E-state index contributed by atoms with van der Waals surface area (Å²) in [5.74, 6) is -3.51. The number of hydrogen-bond donors (Lipinski definition) is 2. The van der Waals surface area contributed by atoms with Crippen molar-refractivity contribution in [3.8, 4) is 0 Å². The first-order valence-corrected chi connectivity index (χ1v) is 10.1. The molecule has 26 heavy (non-hydrogen) atoms. The highest BCUT2D eigenvalue weighted by atomic mass is 35.5. The van der Waals surface area contributed by atoms with E-state index in [1.807, 2.05) is 0 Å². The minimum atomic E-state index is -4.31. The molecule has 1 unspecified atom stereocenters. The summed E-state index contributed by atoms with van der Waals surface area (Å²) < 4.78 is 10.9.